The molecule has 0 bridgehead atoms. The Morgan fingerprint density at radius 1 is 1.05 bits per heavy atom. The molecule has 0 spiro atoms. The molecule has 11 nitrogen and oxygen atoms in total. The van der Waals surface area contributed by atoms with E-state index in [0.29, 0.717) is 31.5 Å². The van der Waals surface area contributed by atoms with Crippen molar-refractivity contribution in [2.45, 2.75) is 38.8 Å². The zero-order valence-corrected chi connectivity index (χ0v) is 21.4. The monoisotopic (exact) mass is 518 g/mol. The van der Waals surface area contributed by atoms with Gasteiger partial charge in [0.2, 0.25) is 24.2 Å². The summed E-state index contributed by atoms with van der Waals surface area (Å²) in [5, 5.41) is 9.82. The van der Waals surface area contributed by atoms with Crippen LogP contribution in [0.4, 0.5) is 16.4 Å². The fraction of sp³-hybridized carbons (Fsp3) is 0.333. The highest BCUT2D eigenvalue weighted by molar-refractivity contribution is 6.00. The maximum absolute atomic E-state index is 13.2. The second-order valence-corrected chi connectivity index (χ2v) is 9.37. The molecule has 2 atom stereocenters. The lowest BCUT2D eigenvalue weighted by Crippen LogP contribution is -2.54. The molecule has 4 amide bonds. The van der Waals surface area contributed by atoms with Crippen LogP contribution >= 0.6 is 0 Å². The molecule has 1 saturated heterocycles. The van der Waals surface area contributed by atoms with Gasteiger partial charge < -0.3 is 20.3 Å². The van der Waals surface area contributed by atoms with Crippen LogP contribution in [0.25, 0.3) is 21.9 Å². The van der Waals surface area contributed by atoms with Crippen LogP contribution in [0.15, 0.2) is 48.8 Å². The van der Waals surface area contributed by atoms with Crippen molar-refractivity contribution in [1.82, 2.24) is 20.2 Å². The first-order valence-corrected chi connectivity index (χ1v) is 12.3. The van der Waals surface area contributed by atoms with Gasteiger partial charge >= 0.3 is 6.09 Å². The van der Waals surface area contributed by atoms with Crippen LogP contribution < -0.4 is 16.0 Å². The highest BCUT2D eigenvalue weighted by Crippen LogP contribution is 2.27. The maximum atomic E-state index is 13.2. The molecule has 0 unspecified atom stereocenters. The van der Waals surface area contributed by atoms with Gasteiger partial charge in [-0.1, -0.05) is 32.0 Å². The summed E-state index contributed by atoms with van der Waals surface area (Å²) >= 11 is 0. The van der Waals surface area contributed by atoms with Gasteiger partial charge in [-0.15, -0.1) is 0 Å². The zero-order chi connectivity index (χ0) is 27.2. The Bertz CT molecular complexity index is 1340. The minimum Gasteiger partial charge on any atom is -0.453 e. The predicted molar refractivity (Wildman–Crippen MR) is 142 cm³/mol. The van der Waals surface area contributed by atoms with Gasteiger partial charge in [-0.25, -0.2) is 14.8 Å². The lowest BCUT2D eigenvalue weighted by atomic mass is 10.0. The second kappa shape index (κ2) is 11.7. The third-order valence-electron chi connectivity index (χ3n) is 6.51. The topological polar surface area (TPSA) is 143 Å². The lowest BCUT2D eigenvalue weighted by molar-refractivity contribution is -0.139. The molecular weight excluding hydrogens is 488 g/mol. The number of likely N-dealkylation sites (tertiary alicyclic amines) is 1. The largest absolute Gasteiger partial charge is 0.453 e. The fourth-order valence-corrected chi connectivity index (χ4v) is 4.51. The summed E-state index contributed by atoms with van der Waals surface area (Å²) < 4.78 is 4.66. The molecule has 1 fully saturated rings. The third kappa shape index (κ3) is 5.88. The van der Waals surface area contributed by atoms with Gasteiger partial charge in [-0.05, 0) is 53.3 Å². The highest BCUT2D eigenvalue weighted by atomic mass is 16.5. The molecule has 2 aromatic carbocycles. The summed E-state index contributed by atoms with van der Waals surface area (Å²) in [5.74, 6) is -0.512. The minimum atomic E-state index is -0.784. The molecule has 3 aromatic rings. The summed E-state index contributed by atoms with van der Waals surface area (Å²) in [6, 6.07) is 10.0. The predicted octanol–water partition coefficient (Wildman–Crippen LogP) is 3.18. The summed E-state index contributed by atoms with van der Waals surface area (Å²) in [6.07, 6.45) is 4.34. The number of benzene rings is 2. The van der Waals surface area contributed by atoms with Crippen LogP contribution in [0.1, 0.15) is 26.7 Å². The van der Waals surface area contributed by atoms with Crippen LogP contribution in [0, 0.1) is 5.92 Å². The highest BCUT2D eigenvalue weighted by Gasteiger charge is 2.38. The molecule has 0 aliphatic carbocycles. The maximum Gasteiger partial charge on any atom is 0.407 e. The number of ether oxygens (including phenoxy) is 1. The van der Waals surface area contributed by atoms with Crippen molar-refractivity contribution in [3.63, 3.8) is 0 Å². The zero-order valence-electron chi connectivity index (χ0n) is 21.4. The van der Waals surface area contributed by atoms with Gasteiger partial charge in [0.1, 0.15) is 12.1 Å². The van der Waals surface area contributed by atoms with Gasteiger partial charge in [-0.3, -0.25) is 19.7 Å². The Morgan fingerprint density at radius 2 is 1.76 bits per heavy atom. The number of anilines is 2. The van der Waals surface area contributed by atoms with Gasteiger partial charge in [0.25, 0.3) is 0 Å². The van der Waals surface area contributed by atoms with E-state index in [1.165, 1.54) is 7.11 Å². The first kappa shape index (κ1) is 26.5. The van der Waals surface area contributed by atoms with Crippen molar-refractivity contribution in [2.75, 3.05) is 24.3 Å². The molecule has 4 rings (SSSR count). The van der Waals surface area contributed by atoms with E-state index in [4.69, 9.17) is 0 Å². The normalized spacial score (nSPS) is 15.7. The fourth-order valence-electron chi connectivity index (χ4n) is 4.51. The quantitative estimate of drug-likeness (QED) is 0.389. The average molecular weight is 519 g/mol. The van der Waals surface area contributed by atoms with Gasteiger partial charge in [0, 0.05) is 30.2 Å². The molecule has 1 aliphatic rings. The summed E-state index contributed by atoms with van der Waals surface area (Å²) in [6.45, 7) is 4.10. The van der Waals surface area contributed by atoms with Crippen LogP contribution in [-0.2, 0) is 19.1 Å². The SMILES string of the molecule is COC(=O)N[C@H](C(=O)N1CCC[C@H]1C(=O)Nc1ccc2cc(-c3cnc(NC=O)nc3)ccc2c1)C(C)C. The van der Waals surface area contributed by atoms with E-state index in [9.17, 15) is 19.2 Å². The Morgan fingerprint density at radius 3 is 2.45 bits per heavy atom. The molecule has 0 saturated carbocycles. The van der Waals surface area contributed by atoms with E-state index in [0.717, 1.165) is 21.9 Å². The van der Waals surface area contributed by atoms with Crippen molar-refractivity contribution >= 4 is 46.7 Å². The Balaban J connectivity index is 1.47. The Labute approximate surface area is 220 Å². The Kier molecular flexibility index (Phi) is 8.15. The number of rotatable bonds is 8. The van der Waals surface area contributed by atoms with E-state index in [2.05, 4.69) is 30.7 Å². The number of alkyl carbamates (subject to hydrolysis) is 1. The molecule has 0 radical (unpaired) electrons. The van der Waals surface area contributed by atoms with E-state index >= 15 is 0 Å². The standard InChI is InChI=1S/C27H30N6O5/c1-16(2)23(32-27(37)38-3)25(36)33-10-4-5-22(33)24(35)31-21-9-8-17-11-18(6-7-19(17)12-21)20-13-28-26(29-14-20)30-15-34/h6-9,11-16,22-23H,4-5,10H2,1-3H3,(H,31,35)(H,32,37)(H,28,29,30,34)/t22-,23-/m0/s1. The van der Waals surface area contributed by atoms with Crippen molar-refractivity contribution in [3.8, 4) is 11.1 Å². The van der Waals surface area contributed by atoms with Crippen LogP contribution in [-0.4, -0.2) is 64.9 Å². The number of amides is 4. The number of aromatic nitrogens is 2. The van der Waals surface area contributed by atoms with Crippen LogP contribution in [0.3, 0.4) is 0 Å². The van der Waals surface area contributed by atoms with E-state index < -0.39 is 18.2 Å². The number of nitrogens with zero attached hydrogens (tertiary/aromatic N) is 3. The number of carbonyl (C=O) groups excluding carboxylic acids is 4. The number of carbonyl (C=O) groups is 4. The Hall–Kier alpha value is -4.54. The number of hydrogen-bond acceptors (Lipinski definition) is 7. The van der Waals surface area contributed by atoms with Gasteiger partial charge in [-0.2, -0.15) is 0 Å². The molecular formula is C27H30N6O5. The molecule has 1 aliphatic heterocycles. The lowest BCUT2D eigenvalue weighted by Gasteiger charge is -2.30. The number of hydrogen-bond donors (Lipinski definition) is 3. The van der Waals surface area contributed by atoms with Crippen LogP contribution in [0.2, 0.25) is 0 Å². The van der Waals surface area contributed by atoms with Crippen molar-refractivity contribution in [3.05, 3.63) is 48.8 Å². The van der Waals surface area contributed by atoms with Crippen molar-refractivity contribution in [2.24, 2.45) is 5.92 Å². The number of methoxy groups -OCH3 is 1. The molecule has 198 valence electrons. The summed E-state index contributed by atoms with van der Waals surface area (Å²) in [4.78, 5) is 58.5. The van der Waals surface area contributed by atoms with E-state index in [1.807, 2.05) is 50.2 Å². The molecule has 38 heavy (non-hydrogen) atoms. The minimum absolute atomic E-state index is 0.172. The van der Waals surface area contributed by atoms with Gasteiger partial charge in [0.05, 0.1) is 7.11 Å². The van der Waals surface area contributed by atoms with E-state index in [1.54, 1.807) is 17.3 Å². The average Bonchev–Trinajstić information content (AvgIpc) is 3.42. The molecule has 11 heteroatoms. The molecule has 3 N–H and O–H groups in total. The number of nitrogens with one attached hydrogen (secondary N) is 3. The first-order valence-electron chi connectivity index (χ1n) is 12.3. The third-order valence-corrected chi connectivity index (χ3v) is 6.51. The second-order valence-electron chi connectivity index (χ2n) is 9.37. The van der Waals surface area contributed by atoms with Crippen LogP contribution in [0.5, 0.6) is 0 Å². The van der Waals surface area contributed by atoms with Crippen molar-refractivity contribution in [1.29, 1.82) is 0 Å². The molecule has 2 heterocycles. The molecule has 1 aromatic heterocycles. The smallest absolute Gasteiger partial charge is 0.407 e. The first-order chi connectivity index (χ1) is 18.3. The van der Waals surface area contributed by atoms with E-state index in [-0.39, 0.29) is 23.7 Å². The van der Waals surface area contributed by atoms with Crippen molar-refractivity contribution < 1.29 is 23.9 Å². The number of fused-ring (bicyclic) bond motifs is 1. The summed E-state index contributed by atoms with van der Waals surface area (Å²) in [7, 11) is 1.24. The summed E-state index contributed by atoms with van der Waals surface area (Å²) in [5.41, 5.74) is 2.33. The van der Waals surface area contributed by atoms with Gasteiger partial charge in [0.15, 0.2) is 0 Å².